The van der Waals surface area contributed by atoms with Gasteiger partial charge in [0.25, 0.3) is 0 Å². The van der Waals surface area contributed by atoms with Gasteiger partial charge in [0.1, 0.15) is 17.3 Å². The third-order valence-electron chi connectivity index (χ3n) is 4.17. The summed E-state index contributed by atoms with van der Waals surface area (Å²) >= 11 is 0. The maximum atomic E-state index is 9.73. The van der Waals surface area contributed by atoms with Gasteiger partial charge in [-0.3, -0.25) is 4.98 Å². The number of rotatable bonds is 3. The van der Waals surface area contributed by atoms with Gasteiger partial charge in [-0.1, -0.05) is 41.5 Å². The van der Waals surface area contributed by atoms with Crippen molar-refractivity contribution in [3.8, 4) is 6.07 Å². The Hall–Kier alpha value is -4.19. The Balaban J connectivity index is 2.04. The highest BCUT2D eigenvalue weighted by Crippen LogP contribution is 2.44. The van der Waals surface area contributed by atoms with Crippen molar-refractivity contribution in [2.75, 3.05) is 5.73 Å². The van der Waals surface area contributed by atoms with Crippen molar-refractivity contribution < 1.29 is 4.74 Å². The Kier molecular flexibility index (Phi) is 3.99. The molecule has 0 bridgehead atoms. The molecule has 0 saturated heterocycles. The zero-order valence-corrected chi connectivity index (χ0v) is 14.0. The molecule has 1 aliphatic heterocycles. The summed E-state index contributed by atoms with van der Waals surface area (Å²) in [5, 5.41) is 21.1. The van der Waals surface area contributed by atoms with Gasteiger partial charge in [0, 0.05) is 18.0 Å². The molecule has 1 aromatic carbocycles. The maximum absolute atomic E-state index is 9.73. The minimum absolute atomic E-state index is 0.0144. The van der Waals surface area contributed by atoms with E-state index in [9.17, 15) is 5.26 Å². The summed E-state index contributed by atoms with van der Waals surface area (Å²) < 4.78 is 7.19. The van der Waals surface area contributed by atoms with Crippen molar-refractivity contribution in [3.63, 3.8) is 0 Å². The molecule has 4 N–H and O–H groups in total. The molecule has 1 unspecified atom stereocenters. The Morgan fingerprint density at radius 2 is 1.93 bits per heavy atom. The second kappa shape index (κ2) is 6.61. The highest BCUT2D eigenvalue weighted by atomic mass is 16.5. The molecule has 3 aromatic rings. The molecular weight excluding hydrogens is 344 g/mol. The topological polar surface area (TPSA) is 142 Å². The Morgan fingerprint density at radius 1 is 1.11 bits per heavy atom. The van der Waals surface area contributed by atoms with Crippen LogP contribution in [0.4, 0.5) is 5.95 Å². The Labute approximate surface area is 154 Å². The molecule has 9 nitrogen and oxygen atoms in total. The lowest BCUT2D eigenvalue weighted by Crippen LogP contribution is -2.24. The fourth-order valence-corrected chi connectivity index (χ4v) is 3.00. The van der Waals surface area contributed by atoms with Crippen LogP contribution >= 0.6 is 0 Å². The number of aromatic nitrogens is 5. The number of hydrogen-bond donors (Lipinski definition) is 2. The van der Waals surface area contributed by atoms with Gasteiger partial charge >= 0.3 is 0 Å². The molecule has 0 spiro atoms. The molecule has 0 fully saturated rings. The molecule has 1 atom stereocenters. The number of pyridine rings is 1. The van der Waals surface area contributed by atoms with E-state index in [1.807, 2.05) is 36.4 Å². The smallest absolute Gasteiger partial charge is 0.244 e. The summed E-state index contributed by atoms with van der Waals surface area (Å²) in [5.74, 6) is -0.104. The summed E-state index contributed by atoms with van der Waals surface area (Å²) in [6.45, 7) is 0. The Morgan fingerprint density at radius 3 is 2.56 bits per heavy atom. The molecule has 4 rings (SSSR count). The van der Waals surface area contributed by atoms with Gasteiger partial charge in [0.05, 0.1) is 5.92 Å². The third-order valence-corrected chi connectivity index (χ3v) is 4.17. The first-order valence-electron chi connectivity index (χ1n) is 8.02. The van der Waals surface area contributed by atoms with E-state index in [2.05, 4.69) is 26.6 Å². The van der Waals surface area contributed by atoms with Crippen LogP contribution in [0.25, 0.3) is 11.5 Å². The normalized spacial score (nSPS) is 16.8. The number of nitrogen functional groups attached to an aromatic ring is 1. The number of nitrogens with two attached hydrogens (primary N) is 2. The van der Waals surface area contributed by atoms with Crippen molar-refractivity contribution in [1.82, 2.24) is 25.2 Å². The van der Waals surface area contributed by atoms with Crippen LogP contribution < -0.4 is 11.5 Å². The summed E-state index contributed by atoms with van der Waals surface area (Å²) in [6.07, 6.45) is 3.30. The first-order valence-corrected chi connectivity index (χ1v) is 8.02. The fourth-order valence-electron chi connectivity index (χ4n) is 3.00. The standard InChI is InChI=1S/C18H14N8O/c19-9-13-14(12-7-4-8-22-10-12)15(26-18(21)23-24-25-26)16(27-17(13)20)11-5-2-1-3-6-11/h1-8,10,14H,20H2,(H2,21,23,25). The summed E-state index contributed by atoms with van der Waals surface area (Å²) in [7, 11) is 0. The fraction of sp³-hybridized carbons (Fsp3) is 0.0556. The number of ether oxygens (including phenoxy) is 1. The van der Waals surface area contributed by atoms with E-state index in [1.165, 1.54) is 4.68 Å². The number of tetrazole rings is 1. The quantitative estimate of drug-likeness (QED) is 0.717. The molecule has 2 aromatic heterocycles. The van der Waals surface area contributed by atoms with Crippen LogP contribution in [0, 0.1) is 11.3 Å². The predicted molar refractivity (Wildman–Crippen MR) is 96.7 cm³/mol. The molecule has 0 amide bonds. The molecule has 0 radical (unpaired) electrons. The van der Waals surface area contributed by atoms with Gasteiger partial charge in [0.2, 0.25) is 11.8 Å². The average molecular weight is 358 g/mol. The predicted octanol–water partition coefficient (Wildman–Crippen LogP) is 1.48. The number of hydrogen-bond acceptors (Lipinski definition) is 8. The van der Waals surface area contributed by atoms with E-state index >= 15 is 0 Å². The summed E-state index contributed by atoms with van der Waals surface area (Å²) in [5.41, 5.74) is 14.3. The van der Waals surface area contributed by atoms with E-state index in [0.717, 1.165) is 11.1 Å². The van der Waals surface area contributed by atoms with E-state index in [-0.39, 0.29) is 17.4 Å². The van der Waals surface area contributed by atoms with Crippen molar-refractivity contribution >= 4 is 17.4 Å². The Bertz CT molecular complexity index is 1080. The molecule has 3 heterocycles. The molecule has 132 valence electrons. The lowest BCUT2D eigenvalue weighted by molar-refractivity contribution is 0.360. The highest BCUT2D eigenvalue weighted by Gasteiger charge is 2.36. The van der Waals surface area contributed by atoms with Crippen molar-refractivity contribution in [2.45, 2.75) is 5.92 Å². The van der Waals surface area contributed by atoms with Gasteiger partial charge in [0.15, 0.2) is 5.76 Å². The van der Waals surface area contributed by atoms with Gasteiger partial charge in [-0.15, -0.1) is 0 Å². The second-order valence-corrected chi connectivity index (χ2v) is 5.74. The van der Waals surface area contributed by atoms with E-state index in [0.29, 0.717) is 11.5 Å². The van der Waals surface area contributed by atoms with Crippen molar-refractivity contribution in [2.24, 2.45) is 5.73 Å². The van der Waals surface area contributed by atoms with Crippen LogP contribution in [0.2, 0.25) is 0 Å². The van der Waals surface area contributed by atoms with Crippen LogP contribution in [0.3, 0.4) is 0 Å². The largest absolute Gasteiger partial charge is 0.438 e. The van der Waals surface area contributed by atoms with Crippen molar-refractivity contribution in [1.29, 1.82) is 5.26 Å². The zero-order chi connectivity index (χ0) is 18.8. The minimum Gasteiger partial charge on any atom is -0.438 e. The van der Waals surface area contributed by atoms with E-state index in [4.69, 9.17) is 16.2 Å². The van der Waals surface area contributed by atoms with Gasteiger partial charge < -0.3 is 16.2 Å². The summed E-state index contributed by atoms with van der Waals surface area (Å²) in [6, 6.07) is 15.1. The van der Waals surface area contributed by atoms with Gasteiger partial charge in [-0.2, -0.15) is 9.94 Å². The molecular formula is C18H14N8O. The van der Waals surface area contributed by atoms with Crippen molar-refractivity contribution in [3.05, 3.63) is 77.4 Å². The molecule has 27 heavy (non-hydrogen) atoms. The summed E-state index contributed by atoms with van der Waals surface area (Å²) in [4.78, 5) is 4.16. The molecule has 0 saturated carbocycles. The SMILES string of the molecule is N#CC1=C(N)OC(c2ccccc2)=C(n2nnnc2N)C1c1cccnc1. The number of nitriles is 1. The monoisotopic (exact) mass is 358 g/mol. The number of anilines is 1. The van der Waals surface area contributed by atoms with Crippen LogP contribution in [-0.4, -0.2) is 25.2 Å². The molecule has 9 heteroatoms. The number of benzene rings is 1. The zero-order valence-electron chi connectivity index (χ0n) is 14.0. The van der Waals surface area contributed by atoms with E-state index < -0.39 is 5.92 Å². The lowest BCUT2D eigenvalue weighted by Gasteiger charge is -2.28. The lowest BCUT2D eigenvalue weighted by atomic mass is 9.86. The minimum atomic E-state index is -0.599. The van der Waals surface area contributed by atoms with Crippen LogP contribution in [0.1, 0.15) is 17.0 Å². The number of allylic oxidation sites excluding steroid dienone is 2. The molecule has 1 aliphatic rings. The van der Waals surface area contributed by atoms with Crippen LogP contribution in [0.15, 0.2) is 66.3 Å². The van der Waals surface area contributed by atoms with Crippen LogP contribution in [-0.2, 0) is 4.74 Å². The third kappa shape index (κ3) is 2.75. The second-order valence-electron chi connectivity index (χ2n) is 5.74. The van der Waals surface area contributed by atoms with E-state index in [1.54, 1.807) is 18.5 Å². The first kappa shape index (κ1) is 16.3. The average Bonchev–Trinajstić information content (AvgIpc) is 3.14. The van der Waals surface area contributed by atoms with Gasteiger partial charge in [-0.05, 0) is 22.1 Å². The van der Waals surface area contributed by atoms with Gasteiger partial charge in [-0.25, -0.2) is 0 Å². The van der Waals surface area contributed by atoms with Crippen LogP contribution in [0.5, 0.6) is 0 Å². The first-order chi connectivity index (χ1) is 13.2. The number of nitrogens with zero attached hydrogens (tertiary/aromatic N) is 6. The highest BCUT2D eigenvalue weighted by molar-refractivity contribution is 5.87. The molecule has 0 aliphatic carbocycles. The maximum Gasteiger partial charge on any atom is 0.244 e.